The second-order valence-corrected chi connectivity index (χ2v) is 5.68. The van der Waals surface area contributed by atoms with Gasteiger partial charge in [-0.05, 0) is 26.7 Å². The molecule has 4 heteroatoms. The first kappa shape index (κ1) is 20.4. The van der Waals surface area contributed by atoms with Crippen molar-refractivity contribution in [2.75, 3.05) is 19.8 Å². The number of rotatable bonds is 14. The summed E-state index contributed by atoms with van der Waals surface area (Å²) in [5.74, 6) is -0.117. The Balaban J connectivity index is 3.54. The number of hydrogen-bond acceptors (Lipinski definition) is 4. The van der Waals surface area contributed by atoms with Crippen LogP contribution in [0.4, 0.5) is 0 Å². The Morgan fingerprint density at radius 2 is 1.62 bits per heavy atom. The van der Waals surface area contributed by atoms with Crippen LogP contribution in [0.3, 0.4) is 0 Å². The molecule has 0 heterocycles. The summed E-state index contributed by atoms with van der Waals surface area (Å²) in [4.78, 5) is 11.6. The molecular weight excluding hydrogens is 268 g/mol. The predicted octanol–water partition coefficient (Wildman–Crippen LogP) is 4.11. The lowest BCUT2D eigenvalue weighted by Gasteiger charge is -2.17. The smallest absolute Gasteiger partial charge is 0.306 e. The molecule has 0 aliphatic heterocycles. The average molecular weight is 302 g/mol. The van der Waals surface area contributed by atoms with Crippen molar-refractivity contribution in [3.63, 3.8) is 0 Å². The zero-order valence-corrected chi connectivity index (χ0v) is 14.4. The van der Waals surface area contributed by atoms with E-state index in [4.69, 9.17) is 14.2 Å². The Labute approximate surface area is 130 Å². The summed E-state index contributed by atoms with van der Waals surface area (Å²) in [7, 11) is 0. The Hall–Kier alpha value is -0.610. The molecule has 0 N–H and O–H groups in total. The van der Waals surface area contributed by atoms with Crippen molar-refractivity contribution >= 4 is 5.97 Å². The Morgan fingerprint density at radius 1 is 0.905 bits per heavy atom. The normalized spacial score (nSPS) is 13.9. The highest BCUT2D eigenvalue weighted by Gasteiger charge is 2.11. The molecular formula is C17H34O4. The molecule has 0 bridgehead atoms. The number of carbonyl (C=O) groups excluding carboxylic acids is 1. The van der Waals surface area contributed by atoms with Gasteiger partial charge in [-0.2, -0.15) is 0 Å². The third-order valence-electron chi connectivity index (χ3n) is 3.18. The maximum absolute atomic E-state index is 11.6. The van der Waals surface area contributed by atoms with E-state index in [0.29, 0.717) is 19.6 Å². The predicted molar refractivity (Wildman–Crippen MR) is 85.5 cm³/mol. The van der Waals surface area contributed by atoms with Gasteiger partial charge in [0.2, 0.25) is 0 Å². The zero-order valence-electron chi connectivity index (χ0n) is 14.4. The molecule has 0 aromatic carbocycles. The Morgan fingerprint density at radius 3 is 2.29 bits per heavy atom. The van der Waals surface area contributed by atoms with Crippen molar-refractivity contribution < 1.29 is 19.0 Å². The van der Waals surface area contributed by atoms with Crippen molar-refractivity contribution in [1.82, 2.24) is 0 Å². The molecule has 2 unspecified atom stereocenters. The van der Waals surface area contributed by atoms with Gasteiger partial charge in [0.05, 0.1) is 19.3 Å². The number of unbranched alkanes of at least 4 members (excludes halogenated alkanes) is 4. The molecule has 0 fully saturated rings. The molecule has 0 radical (unpaired) electrons. The van der Waals surface area contributed by atoms with Gasteiger partial charge < -0.3 is 14.2 Å². The molecule has 4 nitrogen and oxygen atoms in total. The van der Waals surface area contributed by atoms with Gasteiger partial charge in [0.25, 0.3) is 0 Å². The lowest BCUT2D eigenvalue weighted by atomic mass is 10.1. The summed E-state index contributed by atoms with van der Waals surface area (Å²) in [6.07, 6.45) is 6.96. The Kier molecular flexibility index (Phi) is 13.9. The van der Waals surface area contributed by atoms with E-state index in [2.05, 4.69) is 13.8 Å². The third-order valence-corrected chi connectivity index (χ3v) is 3.18. The minimum absolute atomic E-state index is 0.0348. The van der Waals surface area contributed by atoms with Crippen LogP contribution in [0.1, 0.15) is 72.6 Å². The minimum Gasteiger partial charge on any atom is -0.460 e. The van der Waals surface area contributed by atoms with Gasteiger partial charge in [0.15, 0.2) is 0 Å². The fourth-order valence-corrected chi connectivity index (χ4v) is 1.86. The standard InChI is InChI=1S/C17H34O4/c1-5-7-9-10-11-17(18)21-16(4)14-20-15(3)13-19-12-8-6-2/h15-16H,5-14H2,1-4H3. The molecule has 0 saturated carbocycles. The van der Waals surface area contributed by atoms with Gasteiger partial charge in [-0.3, -0.25) is 4.79 Å². The number of esters is 1. The minimum atomic E-state index is -0.193. The summed E-state index contributed by atoms with van der Waals surface area (Å²) < 4.78 is 16.4. The van der Waals surface area contributed by atoms with Crippen LogP contribution in [-0.4, -0.2) is 38.0 Å². The summed E-state index contributed by atoms with van der Waals surface area (Å²) in [6.45, 7) is 9.95. The number of carbonyl (C=O) groups is 1. The average Bonchev–Trinajstić information content (AvgIpc) is 2.46. The van der Waals surface area contributed by atoms with E-state index in [1.165, 1.54) is 12.8 Å². The van der Waals surface area contributed by atoms with Crippen LogP contribution in [0.15, 0.2) is 0 Å². The second-order valence-electron chi connectivity index (χ2n) is 5.68. The van der Waals surface area contributed by atoms with Crippen LogP contribution in [0, 0.1) is 0 Å². The quantitative estimate of drug-likeness (QED) is 0.358. The van der Waals surface area contributed by atoms with Crippen molar-refractivity contribution in [3.8, 4) is 0 Å². The molecule has 0 aromatic heterocycles. The lowest BCUT2D eigenvalue weighted by molar-refractivity contribution is -0.152. The van der Waals surface area contributed by atoms with Crippen molar-refractivity contribution in [2.45, 2.75) is 84.8 Å². The molecule has 0 amide bonds. The SMILES string of the molecule is CCCCCCC(=O)OC(C)COC(C)COCCCC. The number of hydrogen-bond donors (Lipinski definition) is 0. The lowest BCUT2D eigenvalue weighted by Crippen LogP contribution is -2.25. The molecule has 21 heavy (non-hydrogen) atoms. The van der Waals surface area contributed by atoms with E-state index in [-0.39, 0.29) is 18.2 Å². The fourth-order valence-electron chi connectivity index (χ4n) is 1.86. The van der Waals surface area contributed by atoms with E-state index < -0.39 is 0 Å². The van der Waals surface area contributed by atoms with Crippen LogP contribution in [0.2, 0.25) is 0 Å². The molecule has 126 valence electrons. The van der Waals surface area contributed by atoms with Gasteiger partial charge in [-0.15, -0.1) is 0 Å². The maximum atomic E-state index is 11.6. The topological polar surface area (TPSA) is 44.8 Å². The second kappa shape index (κ2) is 14.3. The highest BCUT2D eigenvalue weighted by molar-refractivity contribution is 5.69. The third kappa shape index (κ3) is 14.1. The molecule has 0 saturated heterocycles. The van der Waals surface area contributed by atoms with Crippen molar-refractivity contribution in [1.29, 1.82) is 0 Å². The van der Waals surface area contributed by atoms with Crippen molar-refractivity contribution in [2.24, 2.45) is 0 Å². The van der Waals surface area contributed by atoms with E-state index in [0.717, 1.165) is 32.3 Å². The first-order valence-corrected chi connectivity index (χ1v) is 8.48. The van der Waals surface area contributed by atoms with E-state index in [1.807, 2.05) is 13.8 Å². The molecule has 0 rings (SSSR count). The summed E-state index contributed by atoms with van der Waals surface area (Å²) >= 11 is 0. The van der Waals surface area contributed by atoms with Gasteiger partial charge in [0, 0.05) is 13.0 Å². The number of ether oxygens (including phenoxy) is 3. The van der Waals surface area contributed by atoms with Crippen LogP contribution >= 0.6 is 0 Å². The van der Waals surface area contributed by atoms with E-state index in [9.17, 15) is 4.79 Å². The van der Waals surface area contributed by atoms with Gasteiger partial charge in [-0.25, -0.2) is 0 Å². The van der Waals surface area contributed by atoms with Gasteiger partial charge >= 0.3 is 5.97 Å². The van der Waals surface area contributed by atoms with Crippen LogP contribution < -0.4 is 0 Å². The molecule has 0 spiro atoms. The highest BCUT2D eigenvalue weighted by Crippen LogP contribution is 2.06. The first-order chi connectivity index (χ1) is 10.1. The van der Waals surface area contributed by atoms with Gasteiger partial charge in [-0.1, -0.05) is 39.5 Å². The monoisotopic (exact) mass is 302 g/mol. The molecule has 2 atom stereocenters. The fraction of sp³-hybridized carbons (Fsp3) is 0.941. The van der Waals surface area contributed by atoms with Crippen LogP contribution in [0.5, 0.6) is 0 Å². The van der Waals surface area contributed by atoms with Crippen LogP contribution in [0.25, 0.3) is 0 Å². The van der Waals surface area contributed by atoms with E-state index in [1.54, 1.807) is 0 Å². The van der Waals surface area contributed by atoms with Crippen molar-refractivity contribution in [3.05, 3.63) is 0 Å². The van der Waals surface area contributed by atoms with Gasteiger partial charge in [0.1, 0.15) is 6.10 Å². The highest BCUT2D eigenvalue weighted by atomic mass is 16.6. The summed E-state index contributed by atoms with van der Waals surface area (Å²) in [5, 5.41) is 0. The maximum Gasteiger partial charge on any atom is 0.306 e. The summed E-state index contributed by atoms with van der Waals surface area (Å²) in [5.41, 5.74) is 0. The summed E-state index contributed by atoms with van der Waals surface area (Å²) in [6, 6.07) is 0. The van der Waals surface area contributed by atoms with E-state index >= 15 is 0 Å². The largest absolute Gasteiger partial charge is 0.460 e. The molecule has 0 aliphatic rings. The van der Waals surface area contributed by atoms with Crippen LogP contribution in [-0.2, 0) is 19.0 Å². The zero-order chi connectivity index (χ0) is 15.9. The Bertz CT molecular complexity index is 243. The first-order valence-electron chi connectivity index (χ1n) is 8.48. The molecule has 0 aromatic rings. The molecule has 0 aliphatic carbocycles.